The van der Waals surface area contributed by atoms with Gasteiger partial charge in [-0.2, -0.15) is 0 Å². The van der Waals surface area contributed by atoms with Crippen LogP contribution in [-0.4, -0.2) is 19.3 Å². The van der Waals surface area contributed by atoms with E-state index >= 15 is 0 Å². The number of rotatable bonds is 4. The van der Waals surface area contributed by atoms with Crippen molar-refractivity contribution in [2.45, 2.75) is 11.8 Å². The van der Waals surface area contributed by atoms with Crippen LogP contribution in [0.5, 0.6) is 0 Å². The predicted octanol–water partition coefficient (Wildman–Crippen LogP) is 3.05. The van der Waals surface area contributed by atoms with Crippen molar-refractivity contribution in [3.63, 3.8) is 0 Å². The minimum absolute atomic E-state index is 0.00506. The Morgan fingerprint density at radius 1 is 1.07 bits per heavy atom. The number of aromatic nitrogens is 1. The van der Waals surface area contributed by atoms with E-state index in [-0.39, 0.29) is 21.6 Å². The maximum atomic E-state index is 13.9. The molecule has 2 heterocycles. The van der Waals surface area contributed by atoms with Gasteiger partial charge in [0.2, 0.25) is 0 Å². The van der Waals surface area contributed by atoms with Gasteiger partial charge >= 0.3 is 5.91 Å². The highest BCUT2D eigenvalue weighted by atomic mass is 32.2. The van der Waals surface area contributed by atoms with Crippen LogP contribution in [0.1, 0.15) is 16.1 Å². The van der Waals surface area contributed by atoms with E-state index in [2.05, 4.69) is 10.4 Å². The van der Waals surface area contributed by atoms with Gasteiger partial charge in [-0.25, -0.2) is 12.8 Å². The van der Waals surface area contributed by atoms with Gasteiger partial charge in [0, 0.05) is 22.5 Å². The van der Waals surface area contributed by atoms with E-state index in [1.165, 1.54) is 18.3 Å². The van der Waals surface area contributed by atoms with Crippen LogP contribution in [0.2, 0.25) is 0 Å². The number of amides is 1. The Morgan fingerprint density at radius 3 is 2.61 bits per heavy atom. The summed E-state index contributed by atoms with van der Waals surface area (Å²) in [5.74, 6) is -1.40. The number of pyridine rings is 1. The summed E-state index contributed by atoms with van der Waals surface area (Å²) in [5.41, 5.74) is 3.16. The molecule has 28 heavy (non-hydrogen) atoms. The zero-order valence-corrected chi connectivity index (χ0v) is 15.4. The number of furan rings is 1. The van der Waals surface area contributed by atoms with Gasteiger partial charge in [0.05, 0.1) is 4.90 Å². The molecule has 0 bridgehead atoms. The van der Waals surface area contributed by atoms with Crippen molar-refractivity contribution in [2.24, 2.45) is 0 Å². The highest BCUT2D eigenvalue weighted by molar-refractivity contribution is 7.89. The zero-order valence-electron chi connectivity index (χ0n) is 14.6. The number of carbonyl (C=O) groups excluding carboxylic acids is 1. The van der Waals surface area contributed by atoms with Gasteiger partial charge in [0.15, 0.2) is 5.76 Å². The Kier molecular flexibility index (Phi) is 4.33. The van der Waals surface area contributed by atoms with Gasteiger partial charge in [0.1, 0.15) is 16.9 Å². The summed E-state index contributed by atoms with van der Waals surface area (Å²) in [6, 6.07) is 12.1. The number of aryl methyl sites for hydroxylation is 1. The van der Waals surface area contributed by atoms with E-state index in [4.69, 9.17) is 4.42 Å². The lowest BCUT2D eigenvalue weighted by atomic mass is 10.1. The quantitative estimate of drug-likeness (QED) is 0.514. The number of carbonyl (C=O) groups is 1. The first kappa shape index (κ1) is 18.1. The summed E-state index contributed by atoms with van der Waals surface area (Å²) in [7, 11) is -4.18. The number of fused-ring (bicyclic) bond motifs is 2. The molecule has 7 nitrogen and oxygen atoms in total. The molecule has 0 aliphatic carbocycles. The van der Waals surface area contributed by atoms with Crippen molar-refractivity contribution in [3.8, 4) is 0 Å². The first-order valence-corrected chi connectivity index (χ1v) is 9.70. The van der Waals surface area contributed by atoms with Gasteiger partial charge in [0.25, 0.3) is 10.0 Å². The number of halogens is 1. The van der Waals surface area contributed by atoms with Crippen molar-refractivity contribution in [2.75, 3.05) is 0 Å². The summed E-state index contributed by atoms with van der Waals surface area (Å²) in [5, 5.41) is 0.857. The molecule has 2 aromatic carbocycles. The predicted molar refractivity (Wildman–Crippen MR) is 100 cm³/mol. The number of sulfonamides is 1. The third-order valence-corrected chi connectivity index (χ3v) is 5.62. The number of hydrazine groups is 1. The minimum atomic E-state index is -4.18. The Hall–Kier alpha value is -3.30. The SMILES string of the molecule is Cc1c(C(=O)NNS(=O)(=O)c2ccc(F)c3ncccc23)oc2ccccc12. The van der Waals surface area contributed by atoms with Crippen LogP contribution in [0.3, 0.4) is 0 Å². The molecule has 4 aromatic rings. The number of hydrogen-bond donors (Lipinski definition) is 2. The van der Waals surface area contributed by atoms with Gasteiger partial charge in [-0.1, -0.05) is 18.2 Å². The molecular weight excluding hydrogens is 385 g/mol. The number of nitrogens with one attached hydrogen (secondary N) is 2. The second kappa shape index (κ2) is 6.70. The fraction of sp³-hybridized carbons (Fsp3) is 0.0526. The van der Waals surface area contributed by atoms with Crippen LogP contribution in [0.4, 0.5) is 4.39 Å². The van der Waals surface area contributed by atoms with Crippen molar-refractivity contribution in [1.29, 1.82) is 0 Å². The Balaban J connectivity index is 1.63. The molecule has 0 unspecified atom stereocenters. The Morgan fingerprint density at radius 2 is 1.82 bits per heavy atom. The molecule has 0 fully saturated rings. The van der Waals surface area contributed by atoms with Crippen LogP contribution in [0.15, 0.2) is 64.0 Å². The van der Waals surface area contributed by atoms with E-state index in [1.807, 2.05) is 10.9 Å². The third-order valence-electron chi connectivity index (χ3n) is 4.32. The average Bonchev–Trinajstić information content (AvgIpc) is 3.03. The minimum Gasteiger partial charge on any atom is -0.451 e. The Labute approximate surface area is 159 Å². The smallest absolute Gasteiger partial charge is 0.302 e. The van der Waals surface area contributed by atoms with Crippen LogP contribution < -0.4 is 10.3 Å². The second-order valence-corrected chi connectivity index (χ2v) is 7.71. The zero-order chi connectivity index (χ0) is 19.9. The lowest BCUT2D eigenvalue weighted by molar-refractivity contribution is 0.0918. The van der Waals surface area contributed by atoms with Crippen molar-refractivity contribution < 1.29 is 22.0 Å². The van der Waals surface area contributed by atoms with Gasteiger partial charge in [-0.15, -0.1) is 4.83 Å². The topological polar surface area (TPSA) is 101 Å². The van der Waals surface area contributed by atoms with Crippen molar-refractivity contribution >= 4 is 37.8 Å². The van der Waals surface area contributed by atoms with Gasteiger partial charge in [-0.3, -0.25) is 15.2 Å². The molecule has 0 saturated carbocycles. The summed E-state index contributed by atoms with van der Waals surface area (Å²) in [4.78, 5) is 18.1. The van der Waals surface area contributed by atoms with Crippen molar-refractivity contribution in [1.82, 2.24) is 15.2 Å². The van der Waals surface area contributed by atoms with Crippen LogP contribution >= 0.6 is 0 Å². The highest BCUT2D eigenvalue weighted by Gasteiger charge is 2.23. The molecule has 0 spiro atoms. The van der Waals surface area contributed by atoms with Crippen LogP contribution in [-0.2, 0) is 10.0 Å². The fourth-order valence-electron chi connectivity index (χ4n) is 2.96. The molecule has 1 amide bonds. The highest BCUT2D eigenvalue weighted by Crippen LogP contribution is 2.25. The van der Waals surface area contributed by atoms with Crippen molar-refractivity contribution in [3.05, 3.63) is 71.9 Å². The Bertz CT molecular complexity index is 1330. The number of benzene rings is 2. The lowest BCUT2D eigenvalue weighted by Crippen LogP contribution is -2.41. The summed E-state index contributed by atoms with van der Waals surface area (Å²) in [6.07, 6.45) is 1.36. The number of para-hydroxylation sites is 1. The first-order chi connectivity index (χ1) is 13.4. The molecule has 0 saturated heterocycles. The maximum absolute atomic E-state index is 13.9. The van der Waals surface area contributed by atoms with Gasteiger partial charge in [-0.05, 0) is 37.3 Å². The first-order valence-electron chi connectivity index (χ1n) is 8.22. The van der Waals surface area contributed by atoms with Crippen LogP contribution in [0, 0.1) is 12.7 Å². The lowest BCUT2D eigenvalue weighted by Gasteiger charge is -2.10. The number of nitrogens with zero attached hydrogens (tertiary/aromatic N) is 1. The van der Waals surface area contributed by atoms with Crippen LogP contribution in [0.25, 0.3) is 21.9 Å². The normalized spacial score (nSPS) is 11.8. The third kappa shape index (κ3) is 3.00. The summed E-state index contributed by atoms with van der Waals surface area (Å²) < 4.78 is 44.7. The molecule has 0 aliphatic heterocycles. The molecule has 2 N–H and O–H groups in total. The summed E-state index contributed by atoms with van der Waals surface area (Å²) >= 11 is 0. The summed E-state index contributed by atoms with van der Waals surface area (Å²) in [6.45, 7) is 1.70. The maximum Gasteiger partial charge on any atom is 0.302 e. The standard InChI is InChI=1S/C19H14FN3O4S/c1-11-12-5-2-3-7-15(12)27-18(11)19(24)22-23-28(25,26)16-9-8-14(20)17-13(16)6-4-10-21-17/h2-10,23H,1H3,(H,22,24). The van der Waals surface area contributed by atoms with E-state index in [1.54, 1.807) is 25.1 Å². The molecule has 0 aliphatic rings. The molecule has 0 atom stereocenters. The van der Waals surface area contributed by atoms with Gasteiger partial charge < -0.3 is 4.42 Å². The molecule has 9 heteroatoms. The number of hydrogen-bond acceptors (Lipinski definition) is 5. The van der Waals surface area contributed by atoms with E-state index in [0.717, 1.165) is 17.5 Å². The molecular formula is C19H14FN3O4S. The molecule has 0 radical (unpaired) electrons. The average molecular weight is 399 g/mol. The molecule has 2 aromatic heterocycles. The molecule has 142 valence electrons. The largest absolute Gasteiger partial charge is 0.451 e. The fourth-order valence-corrected chi connectivity index (χ4v) is 4.00. The van der Waals surface area contributed by atoms with E-state index < -0.39 is 21.7 Å². The van der Waals surface area contributed by atoms with E-state index in [9.17, 15) is 17.6 Å². The molecule has 4 rings (SSSR count). The monoisotopic (exact) mass is 399 g/mol. The van der Waals surface area contributed by atoms with E-state index in [0.29, 0.717) is 11.1 Å². The second-order valence-electron chi connectivity index (χ2n) is 6.06.